The third kappa shape index (κ3) is 4.54. The van der Waals surface area contributed by atoms with E-state index in [0.29, 0.717) is 5.92 Å². The van der Waals surface area contributed by atoms with Crippen molar-refractivity contribution in [1.29, 1.82) is 0 Å². The van der Waals surface area contributed by atoms with E-state index in [0.717, 1.165) is 37.3 Å². The van der Waals surface area contributed by atoms with E-state index < -0.39 is 0 Å². The lowest BCUT2D eigenvalue weighted by atomic mass is 9.75. The highest BCUT2D eigenvalue weighted by Crippen LogP contribution is 2.39. The first kappa shape index (κ1) is 20.5. The van der Waals surface area contributed by atoms with Crippen LogP contribution in [0.1, 0.15) is 48.3 Å². The summed E-state index contributed by atoms with van der Waals surface area (Å²) in [6.07, 6.45) is 6.60. The number of allylic oxidation sites excluding steroid dienone is 1. The molecule has 4 heteroatoms. The fourth-order valence-electron chi connectivity index (χ4n) is 4.70. The second-order valence-corrected chi connectivity index (χ2v) is 8.19. The smallest absolute Gasteiger partial charge is 0.0697 e. The van der Waals surface area contributed by atoms with E-state index in [2.05, 4.69) is 70.5 Å². The maximum atomic E-state index is 5.06. The van der Waals surface area contributed by atoms with Gasteiger partial charge in [0.05, 0.1) is 5.71 Å². The molecule has 0 bridgehead atoms. The van der Waals surface area contributed by atoms with Gasteiger partial charge in [0, 0.05) is 37.0 Å². The van der Waals surface area contributed by atoms with Crippen molar-refractivity contribution in [2.45, 2.75) is 31.6 Å². The van der Waals surface area contributed by atoms with E-state index in [4.69, 9.17) is 4.99 Å². The zero-order chi connectivity index (χ0) is 20.8. The minimum Gasteiger partial charge on any atom is -0.388 e. The van der Waals surface area contributed by atoms with Crippen LogP contribution in [-0.2, 0) is 0 Å². The molecule has 2 aromatic carbocycles. The Labute approximate surface area is 180 Å². The number of likely N-dealkylation sites (tertiary alicyclic amines) is 1. The molecule has 0 saturated carbocycles. The maximum Gasteiger partial charge on any atom is 0.0697 e. The first-order valence-electron chi connectivity index (χ1n) is 11.1. The standard InChI is InChI=1S/C26H32N4/c1-27-19-21-18-25(20-10-12-22(28-2)13-11-20)23-8-3-4-9-24(23)26(21)29-14-7-17-30-15-5-6-16-30/h3-4,8-13,19,25,28H,1,5-7,14-18H2,2H3/b21-19-,29-26?. The van der Waals surface area contributed by atoms with Crippen LogP contribution in [0.5, 0.6) is 0 Å². The molecule has 1 heterocycles. The Morgan fingerprint density at radius 1 is 1.10 bits per heavy atom. The van der Waals surface area contributed by atoms with Crippen LogP contribution in [-0.4, -0.2) is 50.6 Å². The van der Waals surface area contributed by atoms with Gasteiger partial charge in [-0.25, -0.2) is 0 Å². The molecule has 0 radical (unpaired) electrons. The molecular formula is C26H32N4. The van der Waals surface area contributed by atoms with Crippen molar-refractivity contribution < 1.29 is 0 Å². The van der Waals surface area contributed by atoms with Crippen LogP contribution < -0.4 is 5.32 Å². The molecule has 1 fully saturated rings. The largest absolute Gasteiger partial charge is 0.388 e. The van der Waals surface area contributed by atoms with E-state index in [-0.39, 0.29) is 0 Å². The van der Waals surface area contributed by atoms with Gasteiger partial charge in [0.25, 0.3) is 0 Å². The molecule has 30 heavy (non-hydrogen) atoms. The molecule has 1 aliphatic heterocycles. The summed E-state index contributed by atoms with van der Waals surface area (Å²) in [6.45, 7) is 8.22. The molecule has 1 N–H and O–H groups in total. The van der Waals surface area contributed by atoms with Gasteiger partial charge in [0.15, 0.2) is 0 Å². The van der Waals surface area contributed by atoms with E-state index >= 15 is 0 Å². The van der Waals surface area contributed by atoms with Gasteiger partial charge in [0.1, 0.15) is 0 Å². The Hall–Kier alpha value is -2.72. The first-order chi connectivity index (χ1) is 14.8. The molecule has 0 spiro atoms. The molecular weight excluding hydrogens is 368 g/mol. The van der Waals surface area contributed by atoms with Crippen LogP contribution in [0.4, 0.5) is 5.69 Å². The van der Waals surface area contributed by atoms with E-state index in [1.807, 2.05) is 13.2 Å². The summed E-state index contributed by atoms with van der Waals surface area (Å²) in [6, 6.07) is 17.5. The molecule has 2 aromatic rings. The second-order valence-electron chi connectivity index (χ2n) is 8.19. The van der Waals surface area contributed by atoms with E-state index in [1.165, 1.54) is 48.2 Å². The summed E-state index contributed by atoms with van der Waals surface area (Å²) in [5.41, 5.74) is 7.34. The molecule has 2 aliphatic rings. The van der Waals surface area contributed by atoms with Crippen LogP contribution in [0, 0.1) is 0 Å². The third-order valence-corrected chi connectivity index (χ3v) is 6.27. The highest BCUT2D eigenvalue weighted by Gasteiger charge is 2.28. The van der Waals surface area contributed by atoms with Crippen LogP contribution >= 0.6 is 0 Å². The Morgan fingerprint density at radius 2 is 1.87 bits per heavy atom. The normalized spacial score (nSPS) is 21.7. The zero-order valence-electron chi connectivity index (χ0n) is 18.0. The highest BCUT2D eigenvalue weighted by atomic mass is 15.1. The van der Waals surface area contributed by atoms with Crippen molar-refractivity contribution in [1.82, 2.24) is 4.90 Å². The van der Waals surface area contributed by atoms with Gasteiger partial charge in [-0.05, 0) is 80.9 Å². The molecule has 4 rings (SSSR count). The summed E-state index contributed by atoms with van der Waals surface area (Å²) < 4.78 is 0. The fraction of sp³-hybridized carbons (Fsp3) is 0.385. The van der Waals surface area contributed by atoms with Gasteiger partial charge in [-0.1, -0.05) is 36.4 Å². The number of aliphatic imine (C=N–C) groups is 2. The number of anilines is 1. The molecule has 1 saturated heterocycles. The Kier molecular flexibility index (Phi) is 6.75. The maximum absolute atomic E-state index is 5.06. The highest BCUT2D eigenvalue weighted by molar-refractivity contribution is 6.15. The second kappa shape index (κ2) is 9.86. The van der Waals surface area contributed by atoms with Crippen LogP contribution in [0.15, 0.2) is 70.3 Å². The number of hydrogen-bond donors (Lipinski definition) is 1. The summed E-state index contributed by atoms with van der Waals surface area (Å²) in [4.78, 5) is 11.7. The van der Waals surface area contributed by atoms with Crippen molar-refractivity contribution >= 4 is 18.1 Å². The average Bonchev–Trinajstić information content (AvgIpc) is 3.31. The van der Waals surface area contributed by atoms with Gasteiger partial charge >= 0.3 is 0 Å². The molecule has 0 amide bonds. The van der Waals surface area contributed by atoms with Gasteiger partial charge in [0.2, 0.25) is 0 Å². The summed E-state index contributed by atoms with van der Waals surface area (Å²) in [5, 5.41) is 3.20. The number of benzene rings is 2. The van der Waals surface area contributed by atoms with Gasteiger partial charge in [-0.2, -0.15) is 0 Å². The zero-order valence-corrected chi connectivity index (χ0v) is 18.0. The Morgan fingerprint density at radius 3 is 2.60 bits per heavy atom. The molecule has 1 unspecified atom stereocenters. The van der Waals surface area contributed by atoms with Crippen LogP contribution in [0.2, 0.25) is 0 Å². The number of nitrogens with one attached hydrogen (secondary N) is 1. The minimum absolute atomic E-state index is 0.309. The topological polar surface area (TPSA) is 40.0 Å². The number of rotatable bonds is 7. The molecule has 1 atom stereocenters. The summed E-state index contributed by atoms with van der Waals surface area (Å²) in [7, 11) is 1.95. The lowest BCUT2D eigenvalue weighted by Gasteiger charge is -2.29. The average molecular weight is 401 g/mol. The molecule has 156 valence electrons. The van der Waals surface area contributed by atoms with Gasteiger partial charge in [-0.3, -0.25) is 9.98 Å². The van der Waals surface area contributed by atoms with E-state index in [9.17, 15) is 0 Å². The summed E-state index contributed by atoms with van der Waals surface area (Å²) in [5.74, 6) is 0.309. The van der Waals surface area contributed by atoms with Crippen molar-refractivity contribution in [2.75, 3.05) is 38.5 Å². The van der Waals surface area contributed by atoms with Crippen molar-refractivity contribution in [2.24, 2.45) is 9.98 Å². The monoisotopic (exact) mass is 400 g/mol. The molecule has 4 nitrogen and oxygen atoms in total. The minimum atomic E-state index is 0.309. The number of hydrogen-bond acceptors (Lipinski definition) is 4. The Bertz CT molecular complexity index is 920. The lowest BCUT2D eigenvalue weighted by molar-refractivity contribution is 0.336. The van der Waals surface area contributed by atoms with Gasteiger partial charge < -0.3 is 10.2 Å². The third-order valence-electron chi connectivity index (χ3n) is 6.27. The van der Waals surface area contributed by atoms with Crippen LogP contribution in [0.25, 0.3) is 0 Å². The fourth-order valence-corrected chi connectivity index (χ4v) is 4.70. The quantitative estimate of drug-likeness (QED) is 0.517. The van der Waals surface area contributed by atoms with Gasteiger partial charge in [-0.15, -0.1) is 0 Å². The molecule has 0 aromatic heterocycles. The molecule has 1 aliphatic carbocycles. The summed E-state index contributed by atoms with van der Waals surface area (Å²) >= 11 is 0. The van der Waals surface area contributed by atoms with Crippen molar-refractivity contribution in [3.63, 3.8) is 0 Å². The SMILES string of the molecule is C=N/C=C1/CC(c2ccc(NC)cc2)c2ccccc2C1=NCCCN1CCCC1. The predicted octanol–water partition coefficient (Wildman–Crippen LogP) is 5.12. The van der Waals surface area contributed by atoms with Crippen molar-refractivity contribution in [3.8, 4) is 0 Å². The number of fused-ring (bicyclic) bond motifs is 1. The first-order valence-corrected chi connectivity index (χ1v) is 11.1. The Balaban J connectivity index is 1.61. The van der Waals surface area contributed by atoms with Crippen molar-refractivity contribution in [3.05, 3.63) is 77.0 Å². The number of nitrogens with zero attached hydrogens (tertiary/aromatic N) is 3. The van der Waals surface area contributed by atoms with Crippen LogP contribution in [0.3, 0.4) is 0 Å². The lowest BCUT2D eigenvalue weighted by Crippen LogP contribution is -2.22. The van der Waals surface area contributed by atoms with E-state index in [1.54, 1.807) is 0 Å². The predicted molar refractivity (Wildman–Crippen MR) is 128 cm³/mol.